The Bertz CT molecular complexity index is 832. The van der Waals surface area contributed by atoms with Crippen LogP contribution in [0.3, 0.4) is 0 Å². The Morgan fingerprint density at radius 1 is 0.720 bits per heavy atom. The molecule has 0 amide bonds. The van der Waals surface area contributed by atoms with E-state index in [2.05, 4.69) is 18.2 Å². The number of ether oxygens (including phenoxy) is 3. The normalized spacial score (nSPS) is 10.6. The van der Waals surface area contributed by atoms with Crippen molar-refractivity contribution in [2.24, 2.45) is 5.73 Å². The number of para-hydroxylation sites is 2. The molecule has 0 bridgehead atoms. The van der Waals surface area contributed by atoms with Gasteiger partial charge in [0.1, 0.15) is 19.0 Å². The van der Waals surface area contributed by atoms with Crippen LogP contribution >= 0.6 is 0 Å². The Morgan fingerprint density at radius 2 is 1.36 bits per heavy atom. The summed E-state index contributed by atoms with van der Waals surface area (Å²) < 4.78 is 17.3. The third kappa shape index (κ3) is 4.03. The van der Waals surface area contributed by atoms with Crippen molar-refractivity contribution in [1.82, 2.24) is 0 Å². The quantitative estimate of drug-likeness (QED) is 0.627. The van der Waals surface area contributed by atoms with Crippen molar-refractivity contribution in [3.05, 3.63) is 66.2 Å². The van der Waals surface area contributed by atoms with Gasteiger partial charge < -0.3 is 19.9 Å². The van der Waals surface area contributed by atoms with Crippen LogP contribution in [-0.2, 0) is 6.54 Å². The molecule has 3 aromatic rings. The van der Waals surface area contributed by atoms with Gasteiger partial charge in [0.05, 0.1) is 6.61 Å². The molecule has 0 radical (unpaired) electrons. The largest absolute Gasteiger partial charge is 0.490 e. The summed E-state index contributed by atoms with van der Waals surface area (Å²) in [5.74, 6) is 2.28. The fourth-order valence-corrected chi connectivity index (χ4v) is 2.81. The SMILES string of the molecule is CCOc1ccccc1OCCOc1ccc2ccccc2c1CN. The lowest BCUT2D eigenvalue weighted by Gasteiger charge is -2.14. The van der Waals surface area contributed by atoms with Gasteiger partial charge in [-0.3, -0.25) is 0 Å². The van der Waals surface area contributed by atoms with Gasteiger partial charge in [-0.1, -0.05) is 42.5 Å². The number of rotatable bonds is 8. The lowest BCUT2D eigenvalue weighted by Crippen LogP contribution is -2.11. The Kier molecular flexibility index (Phi) is 5.75. The zero-order valence-electron chi connectivity index (χ0n) is 14.4. The first kappa shape index (κ1) is 17.1. The fraction of sp³-hybridized carbons (Fsp3) is 0.238. The molecular weight excluding hydrogens is 314 g/mol. The monoisotopic (exact) mass is 337 g/mol. The second kappa shape index (κ2) is 8.40. The summed E-state index contributed by atoms with van der Waals surface area (Å²) >= 11 is 0. The van der Waals surface area contributed by atoms with E-state index in [9.17, 15) is 0 Å². The third-order valence-corrected chi connectivity index (χ3v) is 3.95. The maximum absolute atomic E-state index is 5.94. The van der Waals surface area contributed by atoms with E-state index in [0.717, 1.165) is 33.6 Å². The van der Waals surface area contributed by atoms with Gasteiger partial charge in [0, 0.05) is 12.1 Å². The average Bonchev–Trinajstić information content (AvgIpc) is 2.66. The lowest BCUT2D eigenvalue weighted by molar-refractivity contribution is 0.207. The molecule has 0 aliphatic heterocycles. The number of fused-ring (bicyclic) bond motifs is 1. The molecule has 0 heterocycles. The van der Waals surface area contributed by atoms with Gasteiger partial charge in [0.2, 0.25) is 0 Å². The minimum absolute atomic E-state index is 0.431. The van der Waals surface area contributed by atoms with E-state index < -0.39 is 0 Å². The number of benzene rings is 3. The van der Waals surface area contributed by atoms with Crippen molar-refractivity contribution in [1.29, 1.82) is 0 Å². The van der Waals surface area contributed by atoms with Gasteiger partial charge in [0.15, 0.2) is 11.5 Å². The van der Waals surface area contributed by atoms with Gasteiger partial charge in [-0.2, -0.15) is 0 Å². The molecule has 3 rings (SSSR count). The van der Waals surface area contributed by atoms with Gasteiger partial charge in [-0.05, 0) is 35.9 Å². The molecule has 25 heavy (non-hydrogen) atoms. The summed E-state index contributed by atoms with van der Waals surface area (Å²) in [5, 5.41) is 2.29. The van der Waals surface area contributed by atoms with Crippen LogP contribution in [0.1, 0.15) is 12.5 Å². The molecule has 130 valence electrons. The van der Waals surface area contributed by atoms with Gasteiger partial charge >= 0.3 is 0 Å². The molecule has 4 heteroatoms. The molecule has 0 aliphatic rings. The number of hydrogen-bond acceptors (Lipinski definition) is 4. The highest BCUT2D eigenvalue weighted by Gasteiger charge is 2.08. The van der Waals surface area contributed by atoms with E-state index in [-0.39, 0.29) is 0 Å². The van der Waals surface area contributed by atoms with E-state index in [0.29, 0.717) is 26.4 Å². The fourth-order valence-electron chi connectivity index (χ4n) is 2.81. The van der Waals surface area contributed by atoms with Crippen molar-refractivity contribution in [2.75, 3.05) is 19.8 Å². The summed E-state index contributed by atoms with van der Waals surface area (Å²) in [5.41, 5.74) is 6.96. The summed E-state index contributed by atoms with van der Waals surface area (Å²) in [4.78, 5) is 0. The average molecular weight is 337 g/mol. The summed E-state index contributed by atoms with van der Waals surface area (Å²) in [7, 11) is 0. The maximum Gasteiger partial charge on any atom is 0.161 e. The lowest BCUT2D eigenvalue weighted by atomic mass is 10.0. The van der Waals surface area contributed by atoms with E-state index in [1.165, 1.54) is 0 Å². The Labute approximate surface area is 148 Å². The van der Waals surface area contributed by atoms with Crippen LogP contribution in [0.2, 0.25) is 0 Å². The van der Waals surface area contributed by atoms with Crippen molar-refractivity contribution >= 4 is 10.8 Å². The van der Waals surface area contributed by atoms with Crippen LogP contribution < -0.4 is 19.9 Å². The molecule has 4 nitrogen and oxygen atoms in total. The second-order valence-electron chi connectivity index (χ2n) is 5.54. The standard InChI is InChI=1S/C21H23NO3/c1-2-23-20-9-5-6-10-21(20)25-14-13-24-19-12-11-16-7-3-4-8-17(16)18(19)15-22/h3-12H,2,13-15,22H2,1H3. The van der Waals surface area contributed by atoms with Crippen molar-refractivity contribution in [3.8, 4) is 17.2 Å². The van der Waals surface area contributed by atoms with Crippen molar-refractivity contribution in [2.45, 2.75) is 13.5 Å². The molecule has 0 fully saturated rings. The maximum atomic E-state index is 5.94. The Hall–Kier alpha value is -2.72. The third-order valence-electron chi connectivity index (χ3n) is 3.95. The van der Waals surface area contributed by atoms with Crippen molar-refractivity contribution in [3.63, 3.8) is 0 Å². The predicted octanol–water partition coefficient (Wildman–Crippen LogP) is 4.16. The first-order valence-corrected chi connectivity index (χ1v) is 8.51. The van der Waals surface area contributed by atoms with Crippen LogP contribution in [0.4, 0.5) is 0 Å². The second-order valence-corrected chi connectivity index (χ2v) is 5.54. The van der Waals surface area contributed by atoms with E-state index >= 15 is 0 Å². The van der Waals surface area contributed by atoms with E-state index in [1.807, 2.05) is 49.4 Å². The first-order valence-electron chi connectivity index (χ1n) is 8.51. The predicted molar refractivity (Wildman–Crippen MR) is 100 cm³/mol. The van der Waals surface area contributed by atoms with Crippen LogP contribution in [0.5, 0.6) is 17.2 Å². The molecule has 0 saturated heterocycles. The van der Waals surface area contributed by atoms with Crippen molar-refractivity contribution < 1.29 is 14.2 Å². The minimum Gasteiger partial charge on any atom is -0.490 e. The van der Waals surface area contributed by atoms with E-state index in [4.69, 9.17) is 19.9 Å². The van der Waals surface area contributed by atoms with Gasteiger partial charge in [-0.15, -0.1) is 0 Å². The van der Waals surface area contributed by atoms with Gasteiger partial charge in [-0.25, -0.2) is 0 Å². The first-order chi connectivity index (χ1) is 12.3. The Balaban J connectivity index is 1.64. The molecule has 2 N–H and O–H groups in total. The van der Waals surface area contributed by atoms with E-state index in [1.54, 1.807) is 0 Å². The molecule has 0 unspecified atom stereocenters. The molecular formula is C21H23NO3. The van der Waals surface area contributed by atoms with Crippen LogP contribution in [0.25, 0.3) is 10.8 Å². The van der Waals surface area contributed by atoms with Crippen LogP contribution in [0, 0.1) is 0 Å². The highest BCUT2D eigenvalue weighted by atomic mass is 16.5. The number of nitrogens with two attached hydrogens (primary N) is 1. The Morgan fingerprint density at radius 3 is 2.08 bits per heavy atom. The summed E-state index contributed by atoms with van der Waals surface area (Å²) in [6.07, 6.45) is 0. The molecule has 0 spiro atoms. The highest BCUT2D eigenvalue weighted by Crippen LogP contribution is 2.28. The molecule has 0 atom stereocenters. The summed E-state index contributed by atoms with van der Waals surface area (Å²) in [6, 6.07) is 19.8. The molecule has 0 aromatic heterocycles. The molecule has 0 aliphatic carbocycles. The molecule has 0 saturated carbocycles. The highest BCUT2D eigenvalue weighted by molar-refractivity contribution is 5.87. The summed E-state index contributed by atoms with van der Waals surface area (Å²) in [6.45, 7) is 3.86. The smallest absolute Gasteiger partial charge is 0.161 e. The number of hydrogen-bond donors (Lipinski definition) is 1. The van der Waals surface area contributed by atoms with Crippen LogP contribution in [0.15, 0.2) is 60.7 Å². The topological polar surface area (TPSA) is 53.7 Å². The minimum atomic E-state index is 0.431. The van der Waals surface area contributed by atoms with Crippen LogP contribution in [-0.4, -0.2) is 19.8 Å². The zero-order valence-corrected chi connectivity index (χ0v) is 14.4. The van der Waals surface area contributed by atoms with Gasteiger partial charge in [0.25, 0.3) is 0 Å². The molecule has 3 aromatic carbocycles. The zero-order chi connectivity index (χ0) is 17.5.